The van der Waals surface area contributed by atoms with Gasteiger partial charge < -0.3 is 0 Å². The highest BCUT2D eigenvalue weighted by Gasteiger charge is 2.16. The molecule has 0 aliphatic carbocycles. The van der Waals surface area contributed by atoms with Gasteiger partial charge in [0.05, 0.1) is 4.90 Å². The minimum absolute atomic E-state index is 0.237. The summed E-state index contributed by atoms with van der Waals surface area (Å²) in [4.78, 5) is 0.994. The van der Waals surface area contributed by atoms with E-state index in [1.54, 1.807) is 23.9 Å². The van der Waals surface area contributed by atoms with Crippen LogP contribution in [0.4, 0.5) is 0 Å². The van der Waals surface area contributed by atoms with E-state index < -0.39 is 18.1 Å². The molecule has 6 heteroatoms. The molecule has 1 aromatic carbocycles. The molecule has 0 saturated heterocycles. The van der Waals surface area contributed by atoms with Gasteiger partial charge in [-0.3, -0.25) is 0 Å². The number of benzene rings is 1. The molecule has 1 aromatic rings. The fourth-order valence-electron chi connectivity index (χ4n) is 1.27. The van der Waals surface area contributed by atoms with Crippen LogP contribution in [0.1, 0.15) is 0 Å². The maximum atomic E-state index is 11.4. The first-order valence-electron chi connectivity index (χ1n) is 5.45. The van der Waals surface area contributed by atoms with Crippen LogP contribution in [0.5, 0.6) is 0 Å². The van der Waals surface area contributed by atoms with Gasteiger partial charge in [-0.15, -0.1) is 11.8 Å². The Hall–Kier alpha value is -0.303. The molecule has 1 rings (SSSR count). The first-order chi connectivity index (χ1) is 7.70. The minimum Gasteiger partial charge on any atom is -0.225 e. The van der Waals surface area contributed by atoms with Gasteiger partial charge in [0.2, 0.25) is 10.0 Å². The van der Waals surface area contributed by atoms with Gasteiger partial charge in [0.1, 0.15) is 0 Å². The molecule has 0 radical (unpaired) electrons. The lowest BCUT2D eigenvalue weighted by Gasteiger charge is -2.15. The summed E-state index contributed by atoms with van der Waals surface area (Å²) in [7, 11) is -4.68. The molecule has 0 aliphatic heterocycles. The predicted molar refractivity (Wildman–Crippen MR) is 76.7 cm³/mol. The topological polar surface area (TPSA) is 60.2 Å². The Bertz CT molecular complexity index is 480. The standard InChI is InChI=1S/C11H19NO2S2Si/c1-17(2,3)9-8-15-10-6-4-5-7-11(10)16(12,13)14/h4-7H,8-9H2,1-3H3,(H2,12,13,14). The Labute approximate surface area is 109 Å². The van der Waals surface area contributed by atoms with E-state index >= 15 is 0 Å². The molecule has 0 saturated carbocycles. The smallest absolute Gasteiger partial charge is 0.225 e. The molecule has 0 atom stereocenters. The van der Waals surface area contributed by atoms with E-state index in [0.717, 1.165) is 16.7 Å². The van der Waals surface area contributed by atoms with Crippen molar-refractivity contribution in [1.82, 2.24) is 0 Å². The highest BCUT2D eigenvalue weighted by Crippen LogP contribution is 2.27. The average molecular weight is 289 g/mol. The Morgan fingerprint density at radius 1 is 1.24 bits per heavy atom. The third kappa shape index (κ3) is 5.24. The Morgan fingerprint density at radius 2 is 1.82 bits per heavy atom. The summed E-state index contributed by atoms with van der Waals surface area (Å²) in [5, 5.41) is 5.18. The van der Waals surface area contributed by atoms with Crippen molar-refractivity contribution in [1.29, 1.82) is 0 Å². The lowest BCUT2D eigenvalue weighted by atomic mass is 10.4. The Kier molecular flexibility index (Phi) is 4.83. The van der Waals surface area contributed by atoms with Gasteiger partial charge >= 0.3 is 0 Å². The quantitative estimate of drug-likeness (QED) is 0.670. The van der Waals surface area contributed by atoms with Crippen LogP contribution < -0.4 is 5.14 Å². The Morgan fingerprint density at radius 3 is 2.35 bits per heavy atom. The molecule has 0 aromatic heterocycles. The van der Waals surface area contributed by atoms with Crippen LogP contribution in [-0.2, 0) is 10.0 Å². The normalized spacial score (nSPS) is 12.7. The molecule has 17 heavy (non-hydrogen) atoms. The highest BCUT2D eigenvalue weighted by molar-refractivity contribution is 8.00. The summed E-state index contributed by atoms with van der Waals surface area (Å²) in [6.07, 6.45) is 0. The van der Waals surface area contributed by atoms with Gasteiger partial charge in [-0.25, -0.2) is 13.6 Å². The highest BCUT2D eigenvalue weighted by atomic mass is 32.2. The van der Waals surface area contributed by atoms with Gasteiger partial charge in [0.15, 0.2) is 0 Å². The summed E-state index contributed by atoms with van der Waals surface area (Å²) in [5.74, 6) is 0.947. The van der Waals surface area contributed by atoms with Crippen molar-refractivity contribution in [3.05, 3.63) is 24.3 Å². The number of hydrogen-bond donors (Lipinski definition) is 1. The lowest BCUT2D eigenvalue weighted by Crippen LogP contribution is -2.20. The van der Waals surface area contributed by atoms with Crippen LogP contribution in [0, 0.1) is 0 Å². The molecule has 0 unspecified atom stereocenters. The fourth-order valence-corrected chi connectivity index (χ4v) is 5.88. The summed E-state index contributed by atoms with van der Waals surface area (Å²) >= 11 is 1.58. The number of rotatable bonds is 5. The van der Waals surface area contributed by atoms with Crippen molar-refractivity contribution < 1.29 is 8.42 Å². The second-order valence-corrected chi connectivity index (χ2v) is 13.4. The van der Waals surface area contributed by atoms with Crippen LogP contribution >= 0.6 is 11.8 Å². The maximum absolute atomic E-state index is 11.4. The number of nitrogens with two attached hydrogens (primary N) is 1. The lowest BCUT2D eigenvalue weighted by molar-refractivity contribution is 0.596. The van der Waals surface area contributed by atoms with Crippen molar-refractivity contribution in [2.24, 2.45) is 5.14 Å². The third-order valence-corrected chi connectivity index (χ3v) is 6.55. The summed E-state index contributed by atoms with van der Waals surface area (Å²) in [6, 6.07) is 8.07. The van der Waals surface area contributed by atoms with Gasteiger partial charge in [-0.05, 0) is 23.9 Å². The number of sulfonamides is 1. The van der Waals surface area contributed by atoms with E-state index in [2.05, 4.69) is 19.6 Å². The van der Waals surface area contributed by atoms with Crippen molar-refractivity contribution in [3.8, 4) is 0 Å². The van der Waals surface area contributed by atoms with Crippen molar-refractivity contribution in [3.63, 3.8) is 0 Å². The minimum atomic E-state index is -3.61. The number of thioether (sulfide) groups is 1. The fraction of sp³-hybridized carbons (Fsp3) is 0.455. The first-order valence-corrected chi connectivity index (χ1v) is 11.7. The predicted octanol–water partition coefficient (Wildman–Crippen LogP) is 2.76. The van der Waals surface area contributed by atoms with E-state index in [0.29, 0.717) is 0 Å². The number of primary sulfonamides is 1. The largest absolute Gasteiger partial charge is 0.239 e. The molecular formula is C11H19NO2S2Si. The van der Waals surface area contributed by atoms with Crippen LogP contribution in [-0.4, -0.2) is 22.2 Å². The molecule has 0 spiro atoms. The second kappa shape index (κ2) is 5.56. The third-order valence-electron chi connectivity index (χ3n) is 2.27. The zero-order chi connectivity index (χ0) is 13.1. The molecule has 2 N–H and O–H groups in total. The van der Waals surface area contributed by atoms with Crippen molar-refractivity contribution >= 4 is 29.9 Å². The Balaban J connectivity index is 2.79. The summed E-state index contributed by atoms with van der Waals surface area (Å²) in [6.45, 7) is 6.91. The SMILES string of the molecule is C[Si](C)(C)CCSc1ccccc1S(N)(=O)=O. The van der Waals surface area contributed by atoms with E-state index in [4.69, 9.17) is 5.14 Å². The van der Waals surface area contributed by atoms with Crippen LogP contribution in [0.2, 0.25) is 25.7 Å². The van der Waals surface area contributed by atoms with Crippen molar-refractivity contribution in [2.75, 3.05) is 5.75 Å². The van der Waals surface area contributed by atoms with Gasteiger partial charge in [-0.1, -0.05) is 31.8 Å². The zero-order valence-electron chi connectivity index (χ0n) is 10.4. The van der Waals surface area contributed by atoms with Crippen LogP contribution in [0.3, 0.4) is 0 Å². The zero-order valence-corrected chi connectivity index (χ0v) is 13.1. The van der Waals surface area contributed by atoms with Gasteiger partial charge in [0.25, 0.3) is 0 Å². The van der Waals surface area contributed by atoms with Gasteiger partial charge in [-0.2, -0.15) is 0 Å². The second-order valence-electron chi connectivity index (χ2n) is 5.15. The monoisotopic (exact) mass is 289 g/mol. The van der Waals surface area contributed by atoms with Crippen LogP contribution in [0.25, 0.3) is 0 Å². The molecule has 0 amide bonds. The molecule has 0 aliphatic rings. The summed E-state index contributed by atoms with van der Waals surface area (Å²) in [5.41, 5.74) is 0. The number of hydrogen-bond acceptors (Lipinski definition) is 3. The van der Waals surface area contributed by atoms with E-state index in [1.165, 1.54) is 0 Å². The molecule has 96 valence electrons. The first kappa shape index (κ1) is 14.8. The van der Waals surface area contributed by atoms with Crippen molar-refractivity contribution in [2.45, 2.75) is 35.5 Å². The van der Waals surface area contributed by atoms with E-state index in [9.17, 15) is 8.42 Å². The molecule has 0 bridgehead atoms. The average Bonchev–Trinajstić information content (AvgIpc) is 2.15. The molecular weight excluding hydrogens is 270 g/mol. The molecule has 0 heterocycles. The molecule has 3 nitrogen and oxygen atoms in total. The summed E-state index contributed by atoms with van der Waals surface area (Å²) < 4.78 is 22.8. The molecule has 0 fully saturated rings. The van der Waals surface area contributed by atoms with E-state index in [1.807, 2.05) is 12.1 Å². The van der Waals surface area contributed by atoms with Gasteiger partial charge in [0, 0.05) is 13.0 Å². The van der Waals surface area contributed by atoms with Crippen LogP contribution in [0.15, 0.2) is 34.1 Å². The van der Waals surface area contributed by atoms with E-state index in [-0.39, 0.29) is 4.90 Å². The maximum Gasteiger partial charge on any atom is 0.239 e.